The smallest absolute Gasteiger partial charge is 0.188 e. The Morgan fingerprint density at radius 3 is 2.27 bits per heavy atom. The summed E-state index contributed by atoms with van der Waals surface area (Å²) in [4.78, 5) is 20.3. The molecular formula is C26H23N3O. The highest BCUT2D eigenvalue weighted by Crippen LogP contribution is 2.34. The van der Waals surface area contributed by atoms with Crippen LogP contribution in [0.3, 0.4) is 0 Å². The minimum atomic E-state index is 0.0174. The van der Waals surface area contributed by atoms with E-state index in [2.05, 4.69) is 53.6 Å². The largest absolute Gasteiger partial charge is 0.372 e. The first-order valence-corrected chi connectivity index (χ1v) is 10.4. The van der Waals surface area contributed by atoms with Crippen molar-refractivity contribution in [2.45, 2.75) is 13.8 Å². The summed E-state index contributed by atoms with van der Waals surface area (Å²) in [5.41, 5.74) is 5.76. The van der Waals surface area contributed by atoms with Gasteiger partial charge in [-0.25, -0.2) is 4.98 Å². The lowest BCUT2D eigenvalue weighted by molar-refractivity contribution is 0.866. The third-order valence-electron chi connectivity index (χ3n) is 5.77. The molecule has 0 bridgehead atoms. The van der Waals surface area contributed by atoms with Gasteiger partial charge >= 0.3 is 0 Å². The van der Waals surface area contributed by atoms with E-state index in [1.54, 1.807) is 6.07 Å². The summed E-state index contributed by atoms with van der Waals surface area (Å²) < 4.78 is 2.17. The lowest BCUT2D eigenvalue weighted by Gasteiger charge is -2.24. The number of rotatable bonds is 4. The molecule has 0 unspecified atom stereocenters. The molecule has 30 heavy (non-hydrogen) atoms. The molecule has 0 N–H and O–H groups in total. The van der Waals surface area contributed by atoms with Gasteiger partial charge in [-0.1, -0.05) is 42.5 Å². The molecule has 0 aromatic heterocycles. The quantitative estimate of drug-likeness (QED) is 0.299. The molecular weight excluding hydrogens is 370 g/mol. The highest BCUT2D eigenvalue weighted by atomic mass is 16.1. The van der Waals surface area contributed by atoms with Gasteiger partial charge in [0.1, 0.15) is 0 Å². The van der Waals surface area contributed by atoms with E-state index in [4.69, 9.17) is 4.98 Å². The standard InChI is InChI=1S/C26H23N3O/c1-3-28(4-2)19-14-15-22-23(16-19)29(18-10-6-5-7-11-18)24-17-25(30)20-12-8-9-13-21(20)26(24)27-22/h5-17H,3-4H2,1-2H3. The Hall–Kier alpha value is -3.66. The minimum absolute atomic E-state index is 0.0174. The first-order chi connectivity index (χ1) is 14.7. The van der Waals surface area contributed by atoms with Crippen molar-refractivity contribution in [3.05, 3.63) is 89.1 Å². The van der Waals surface area contributed by atoms with Crippen molar-refractivity contribution in [3.63, 3.8) is 0 Å². The van der Waals surface area contributed by atoms with Crippen molar-refractivity contribution in [3.8, 4) is 17.1 Å². The van der Waals surface area contributed by atoms with E-state index < -0.39 is 0 Å². The van der Waals surface area contributed by atoms with Crippen LogP contribution in [0.2, 0.25) is 0 Å². The summed E-state index contributed by atoms with van der Waals surface area (Å²) in [6.45, 7) is 6.19. The summed E-state index contributed by atoms with van der Waals surface area (Å²) in [7, 11) is 0. The van der Waals surface area contributed by atoms with Gasteiger partial charge in [0.05, 0.1) is 22.4 Å². The summed E-state index contributed by atoms with van der Waals surface area (Å²) in [6.07, 6.45) is 0. The fourth-order valence-corrected chi connectivity index (χ4v) is 4.28. The zero-order valence-electron chi connectivity index (χ0n) is 17.2. The number of hydrogen-bond donors (Lipinski definition) is 0. The molecule has 4 heteroatoms. The Balaban J connectivity index is 1.96. The second kappa shape index (κ2) is 7.30. The highest BCUT2D eigenvalue weighted by molar-refractivity contribution is 5.98. The second-order valence-corrected chi connectivity index (χ2v) is 7.42. The monoisotopic (exact) mass is 393 g/mol. The molecule has 0 fully saturated rings. The summed E-state index contributed by atoms with van der Waals surface area (Å²) in [5, 5.41) is 1.59. The molecule has 1 aliphatic carbocycles. The maximum absolute atomic E-state index is 12.9. The van der Waals surface area contributed by atoms with Crippen LogP contribution in [0.1, 0.15) is 13.8 Å². The lowest BCUT2D eigenvalue weighted by atomic mass is 10.0. The van der Waals surface area contributed by atoms with Crippen LogP contribution in [0, 0.1) is 0 Å². The maximum atomic E-state index is 12.9. The lowest BCUT2D eigenvalue weighted by Crippen LogP contribution is -2.22. The molecule has 2 aliphatic rings. The molecule has 5 rings (SSSR count). The third-order valence-corrected chi connectivity index (χ3v) is 5.77. The molecule has 0 saturated heterocycles. The zero-order chi connectivity index (χ0) is 20.7. The van der Waals surface area contributed by atoms with Crippen LogP contribution in [0.15, 0.2) is 83.7 Å². The molecule has 1 aliphatic heterocycles. The Morgan fingerprint density at radius 1 is 0.833 bits per heavy atom. The van der Waals surface area contributed by atoms with Gasteiger partial charge in [-0.3, -0.25) is 4.79 Å². The van der Waals surface area contributed by atoms with E-state index in [1.165, 1.54) is 0 Å². The number of para-hydroxylation sites is 1. The Kier molecular flexibility index (Phi) is 4.47. The Morgan fingerprint density at radius 2 is 1.53 bits per heavy atom. The normalized spacial score (nSPS) is 11.4. The van der Waals surface area contributed by atoms with Crippen LogP contribution in [-0.4, -0.2) is 22.6 Å². The molecule has 0 radical (unpaired) electrons. The van der Waals surface area contributed by atoms with Gasteiger partial charge in [0.15, 0.2) is 5.43 Å². The molecule has 3 aromatic rings. The number of anilines is 1. The van der Waals surface area contributed by atoms with E-state index in [0.717, 1.165) is 52.3 Å². The van der Waals surface area contributed by atoms with Crippen molar-refractivity contribution in [2.24, 2.45) is 0 Å². The molecule has 0 atom stereocenters. The topological polar surface area (TPSA) is 38.1 Å². The Labute approximate surface area is 175 Å². The van der Waals surface area contributed by atoms with Crippen LogP contribution in [0.4, 0.5) is 5.69 Å². The molecule has 0 saturated carbocycles. The fourth-order valence-electron chi connectivity index (χ4n) is 4.28. The van der Waals surface area contributed by atoms with Crippen LogP contribution >= 0.6 is 0 Å². The molecule has 3 aromatic carbocycles. The number of nitrogens with zero attached hydrogens (tertiary/aromatic N) is 3. The molecule has 4 nitrogen and oxygen atoms in total. The van der Waals surface area contributed by atoms with Crippen molar-refractivity contribution in [2.75, 3.05) is 18.0 Å². The van der Waals surface area contributed by atoms with E-state index >= 15 is 0 Å². The zero-order valence-corrected chi connectivity index (χ0v) is 17.2. The molecule has 1 heterocycles. The first-order valence-electron chi connectivity index (χ1n) is 10.4. The number of aromatic nitrogens is 2. The maximum Gasteiger partial charge on any atom is 0.188 e. The van der Waals surface area contributed by atoms with Crippen molar-refractivity contribution in [1.29, 1.82) is 0 Å². The van der Waals surface area contributed by atoms with Crippen LogP contribution in [0.5, 0.6) is 0 Å². The highest BCUT2D eigenvalue weighted by Gasteiger charge is 2.19. The predicted molar refractivity (Wildman–Crippen MR) is 125 cm³/mol. The van der Waals surface area contributed by atoms with Gasteiger partial charge in [0.2, 0.25) is 0 Å². The molecule has 0 spiro atoms. The van der Waals surface area contributed by atoms with Gasteiger partial charge in [-0.15, -0.1) is 0 Å². The van der Waals surface area contributed by atoms with E-state index in [1.807, 2.05) is 42.5 Å². The van der Waals surface area contributed by atoms with Gasteiger partial charge in [-0.05, 0) is 44.2 Å². The van der Waals surface area contributed by atoms with Crippen molar-refractivity contribution >= 4 is 27.5 Å². The number of hydrogen-bond acceptors (Lipinski definition) is 3. The third kappa shape index (κ3) is 2.84. The van der Waals surface area contributed by atoms with Crippen LogP contribution < -0.4 is 10.3 Å². The van der Waals surface area contributed by atoms with E-state index in [0.29, 0.717) is 5.39 Å². The fraction of sp³-hybridized carbons (Fsp3) is 0.154. The average Bonchev–Trinajstić information content (AvgIpc) is 2.79. The summed E-state index contributed by atoms with van der Waals surface area (Å²) in [6, 6.07) is 26.0. The first kappa shape index (κ1) is 18.4. The second-order valence-electron chi connectivity index (χ2n) is 7.42. The molecule has 0 amide bonds. The minimum Gasteiger partial charge on any atom is -0.372 e. The van der Waals surface area contributed by atoms with Crippen LogP contribution in [-0.2, 0) is 0 Å². The average molecular weight is 393 g/mol. The van der Waals surface area contributed by atoms with Gasteiger partial charge in [0, 0.05) is 41.3 Å². The van der Waals surface area contributed by atoms with E-state index in [9.17, 15) is 4.79 Å². The molecule has 148 valence electrons. The van der Waals surface area contributed by atoms with E-state index in [-0.39, 0.29) is 5.43 Å². The summed E-state index contributed by atoms with van der Waals surface area (Å²) in [5.74, 6) is 0. The van der Waals surface area contributed by atoms with Crippen molar-refractivity contribution < 1.29 is 0 Å². The van der Waals surface area contributed by atoms with Crippen molar-refractivity contribution in [1.82, 2.24) is 9.55 Å². The van der Waals surface area contributed by atoms with Crippen LogP contribution in [0.25, 0.3) is 38.9 Å². The van der Waals surface area contributed by atoms with Gasteiger partial charge < -0.3 is 9.47 Å². The Bertz CT molecular complexity index is 1380. The SMILES string of the molecule is CCN(CC)c1ccc2nc3c4ccccc4c(=O)cc-3n(-c3ccccc3)c2c1. The predicted octanol–water partition coefficient (Wildman–Crippen LogP) is 5.49. The number of benzene rings is 4. The van der Waals surface area contributed by atoms with Gasteiger partial charge in [0.25, 0.3) is 0 Å². The number of fused-ring (bicyclic) bond motifs is 4. The van der Waals surface area contributed by atoms with Gasteiger partial charge in [-0.2, -0.15) is 0 Å². The summed E-state index contributed by atoms with van der Waals surface area (Å²) >= 11 is 0.